The molecular weight excluding hydrogens is 446 g/mol. The first-order valence-corrected chi connectivity index (χ1v) is 9.71. The van der Waals surface area contributed by atoms with E-state index >= 15 is 0 Å². The Labute approximate surface area is 188 Å². The highest BCUT2D eigenvalue weighted by Gasteiger charge is 2.53. The van der Waals surface area contributed by atoms with Gasteiger partial charge in [0.2, 0.25) is 12.4 Å². The molecule has 1 aromatic carbocycles. The summed E-state index contributed by atoms with van der Waals surface area (Å²) in [6.45, 7) is 4.08. The molecule has 13 heteroatoms. The number of carbonyl (C=O) groups is 4. The van der Waals surface area contributed by atoms with E-state index in [-0.39, 0.29) is 16.7 Å². The molecule has 1 aliphatic rings. The molecule has 1 saturated heterocycles. The Kier molecular flexibility index (Phi) is 8.96. The molecule has 5 unspecified atom stereocenters. The largest absolute Gasteiger partial charge is 0.733 e. The molecule has 1 fully saturated rings. The van der Waals surface area contributed by atoms with Crippen LogP contribution in [0.1, 0.15) is 27.7 Å². The van der Waals surface area contributed by atoms with Crippen LogP contribution in [0.4, 0.5) is 5.69 Å². The molecule has 0 aromatic heterocycles. The second-order valence-corrected chi connectivity index (χ2v) is 6.95. The molecule has 13 nitrogen and oxygen atoms in total. The van der Waals surface area contributed by atoms with Crippen LogP contribution < -0.4 is 9.96 Å². The van der Waals surface area contributed by atoms with Crippen molar-refractivity contribution in [2.75, 3.05) is 11.8 Å². The maximum Gasteiger partial charge on any atom is 0.303 e. The van der Waals surface area contributed by atoms with E-state index < -0.39 is 61.2 Å². The van der Waals surface area contributed by atoms with Gasteiger partial charge in [0.15, 0.2) is 12.2 Å². The number of hydrogen-bond donors (Lipinski definition) is 1. The van der Waals surface area contributed by atoms with Crippen molar-refractivity contribution in [2.45, 2.75) is 58.4 Å². The molecule has 1 aromatic rings. The molecule has 5 atom stereocenters. The summed E-state index contributed by atoms with van der Waals surface area (Å²) in [6.07, 6.45) is -6.64. The normalized spacial score (nSPS) is 24.2. The fraction of sp³-hybridized carbons (Fsp3) is 0.500. The summed E-state index contributed by atoms with van der Waals surface area (Å²) in [5.41, 5.74) is -0.0797. The highest BCUT2D eigenvalue weighted by Crippen LogP contribution is 2.31. The third-order valence-electron chi connectivity index (χ3n) is 4.26. The number of anilines is 1. The van der Waals surface area contributed by atoms with Crippen LogP contribution in [0.25, 0.3) is 0 Å². The summed E-state index contributed by atoms with van der Waals surface area (Å²) >= 11 is 0. The predicted molar refractivity (Wildman–Crippen MR) is 107 cm³/mol. The van der Waals surface area contributed by atoms with Crippen molar-refractivity contribution < 1.29 is 52.8 Å². The molecule has 0 bridgehead atoms. The maximum atomic E-state index is 11.8. The number of ether oxygens (including phenoxy) is 6. The zero-order chi connectivity index (χ0) is 24.7. The van der Waals surface area contributed by atoms with Crippen molar-refractivity contribution >= 4 is 29.6 Å². The Morgan fingerprint density at radius 1 is 0.879 bits per heavy atom. The van der Waals surface area contributed by atoms with E-state index in [0.29, 0.717) is 0 Å². The molecular formula is C20H24NO12-. The lowest BCUT2D eigenvalue weighted by molar-refractivity contribution is -0.288. The predicted octanol–water partition coefficient (Wildman–Crippen LogP) is 0.842. The maximum absolute atomic E-state index is 11.8. The van der Waals surface area contributed by atoms with Crippen LogP contribution >= 0.6 is 0 Å². The third-order valence-corrected chi connectivity index (χ3v) is 4.26. The average molecular weight is 470 g/mol. The molecule has 0 amide bonds. The van der Waals surface area contributed by atoms with Crippen LogP contribution in [-0.2, 0) is 42.9 Å². The van der Waals surface area contributed by atoms with Crippen LogP contribution in [0.15, 0.2) is 24.3 Å². The standard InChI is InChI=1S/C20H24NO12/c1-10(22)28-9-16-17(29-11(2)23)18(30-12(3)24)19(31-13(4)25)20(33-16)32-15-7-5-14(6-8-15)21(26)27/h5-8,16-20,26H,9H2,1-4H3/q-1. The summed E-state index contributed by atoms with van der Waals surface area (Å²) in [4.78, 5) is 46.6. The van der Waals surface area contributed by atoms with Gasteiger partial charge in [-0.3, -0.25) is 24.4 Å². The van der Waals surface area contributed by atoms with Crippen molar-refractivity contribution in [1.29, 1.82) is 0 Å². The average Bonchev–Trinajstić information content (AvgIpc) is 2.70. The van der Waals surface area contributed by atoms with Crippen LogP contribution in [0.5, 0.6) is 5.75 Å². The Balaban J connectivity index is 2.42. The molecule has 1 heterocycles. The van der Waals surface area contributed by atoms with Gasteiger partial charge in [-0.15, -0.1) is 0 Å². The smallest absolute Gasteiger partial charge is 0.303 e. The zero-order valence-corrected chi connectivity index (χ0v) is 18.3. The van der Waals surface area contributed by atoms with Gasteiger partial charge in [0.05, 0.1) is 5.69 Å². The SMILES string of the molecule is CC(=O)OCC1OC(Oc2ccc(N([O-])O)cc2)C(OC(C)=O)C(OC(C)=O)C1OC(C)=O. The summed E-state index contributed by atoms with van der Waals surface area (Å²) < 4.78 is 32.3. The lowest BCUT2D eigenvalue weighted by Gasteiger charge is -2.43. The number of rotatable bonds is 8. The molecule has 0 radical (unpaired) electrons. The third kappa shape index (κ3) is 7.59. The first-order chi connectivity index (χ1) is 15.5. The van der Waals surface area contributed by atoms with Gasteiger partial charge >= 0.3 is 23.9 Å². The van der Waals surface area contributed by atoms with E-state index in [1.165, 1.54) is 24.3 Å². The topological polar surface area (TPSA) is 170 Å². The van der Waals surface area contributed by atoms with Crippen LogP contribution in [0.3, 0.4) is 0 Å². The summed E-state index contributed by atoms with van der Waals surface area (Å²) in [7, 11) is 0. The lowest BCUT2D eigenvalue weighted by Crippen LogP contribution is -2.63. The van der Waals surface area contributed by atoms with Crippen molar-refractivity contribution in [3.63, 3.8) is 0 Å². The quantitative estimate of drug-likeness (QED) is 0.322. The molecule has 1 aliphatic heterocycles. The van der Waals surface area contributed by atoms with Gasteiger partial charge in [-0.25, -0.2) is 0 Å². The Bertz CT molecular complexity index is 855. The molecule has 2 rings (SSSR count). The van der Waals surface area contributed by atoms with E-state index in [1.807, 2.05) is 0 Å². The van der Waals surface area contributed by atoms with Crippen molar-refractivity contribution in [3.8, 4) is 5.75 Å². The van der Waals surface area contributed by atoms with Crippen molar-refractivity contribution in [3.05, 3.63) is 29.5 Å². The van der Waals surface area contributed by atoms with Gasteiger partial charge in [-0.1, -0.05) is 0 Å². The molecule has 0 spiro atoms. The zero-order valence-electron chi connectivity index (χ0n) is 18.3. The van der Waals surface area contributed by atoms with Gasteiger partial charge < -0.3 is 38.9 Å². The summed E-state index contributed by atoms with van der Waals surface area (Å²) in [6, 6.07) is 5.14. The van der Waals surface area contributed by atoms with Gasteiger partial charge in [-0.2, -0.15) is 0 Å². The molecule has 33 heavy (non-hydrogen) atoms. The van der Waals surface area contributed by atoms with Gasteiger partial charge in [0.25, 0.3) is 0 Å². The summed E-state index contributed by atoms with van der Waals surface area (Å²) in [5.74, 6) is -2.82. The van der Waals surface area contributed by atoms with Gasteiger partial charge in [0.1, 0.15) is 18.5 Å². The second-order valence-electron chi connectivity index (χ2n) is 6.95. The first kappa shape index (κ1) is 25.8. The number of carbonyl (C=O) groups excluding carboxylic acids is 4. The van der Waals surface area contributed by atoms with Gasteiger partial charge in [-0.05, 0) is 24.3 Å². The minimum Gasteiger partial charge on any atom is -0.733 e. The Morgan fingerprint density at radius 2 is 1.39 bits per heavy atom. The molecule has 0 aliphatic carbocycles. The fourth-order valence-corrected chi connectivity index (χ4v) is 3.07. The molecule has 0 saturated carbocycles. The molecule has 1 N–H and O–H groups in total. The van der Waals surface area contributed by atoms with Crippen molar-refractivity contribution in [2.24, 2.45) is 0 Å². The first-order valence-electron chi connectivity index (χ1n) is 9.71. The van der Waals surface area contributed by atoms with E-state index in [2.05, 4.69) is 0 Å². The fourth-order valence-electron chi connectivity index (χ4n) is 3.07. The van der Waals surface area contributed by atoms with Crippen LogP contribution in [0.2, 0.25) is 0 Å². The Morgan fingerprint density at radius 3 is 1.88 bits per heavy atom. The van der Waals surface area contributed by atoms with E-state index in [4.69, 9.17) is 33.6 Å². The highest BCUT2D eigenvalue weighted by atomic mass is 16.8. The van der Waals surface area contributed by atoms with Crippen molar-refractivity contribution in [1.82, 2.24) is 0 Å². The van der Waals surface area contributed by atoms with Crippen LogP contribution in [0, 0.1) is 5.21 Å². The highest BCUT2D eigenvalue weighted by molar-refractivity contribution is 5.68. The molecule has 182 valence electrons. The number of esters is 4. The summed E-state index contributed by atoms with van der Waals surface area (Å²) in [5, 5.41) is 19.6. The number of benzene rings is 1. The van der Waals surface area contributed by atoms with Crippen LogP contribution in [-0.4, -0.2) is 66.4 Å². The Hall–Kier alpha value is -3.42. The second kappa shape index (κ2) is 11.4. The monoisotopic (exact) mass is 470 g/mol. The van der Waals surface area contributed by atoms with E-state index in [0.717, 1.165) is 27.7 Å². The van der Waals surface area contributed by atoms with E-state index in [1.54, 1.807) is 0 Å². The minimum absolute atomic E-state index is 0.0797. The number of hydrogen-bond acceptors (Lipinski definition) is 13. The number of nitrogens with zero attached hydrogens (tertiary/aromatic N) is 1. The van der Waals surface area contributed by atoms with Gasteiger partial charge in [0, 0.05) is 27.7 Å². The lowest BCUT2D eigenvalue weighted by atomic mass is 9.98. The minimum atomic E-state index is -1.41. The van der Waals surface area contributed by atoms with E-state index in [9.17, 15) is 24.4 Å².